The van der Waals surface area contributed by atoms with Gasteiger partial charge in [0.25, 0.3) is 5.91 Å². The standard InChI is InChI=1S/C24H26F2N4O3/c1-28(13-14-33-2)11-12-30-20-15-16(25)7-8-19(20)29-10-9-21(31)22(24(29)30)23(32)27-18-6-4-3-5-17(18)26/h3-8,15H,9-14H2,1-2H3,(H,27,32). The fourth-order valence-corrected chi connectivity index (χ4v) is 4.11. The molecule has 4 rings (SSSR count). The molecule has 33 heavy (non-hydrogen) atoms. The van der Waals surface area contributed by atoms with Crippen LogP contribution in [0.25, 0.3) is 0 Å². The molecule has 2 aliphatic rings. The Balaban J connectivity index is 1.72. The van der Waals surface area contributed by atoms with Gasteiger partial charge in [-0.15, -0.1) is 0 Å². The van der Waals surface area contributed by atoms with Crippen LogP contribution in [0.2, 0.25) is 0 Å². The molecule has 7 nitrogen and oxygen atoms in total. The highest BCUT2D eigenvalue weighted by atomic mass is 19.1. The van der Waals surface area contributed by atoms with Crippen molar-refractivity contribution in [3.63, 3.8) is 0 Å². The van der Waals surface area contributed by atoms with Gasteiger partial charge in [-0.3, -0.25) is 9.59 Å². The van der Waals surface area contributed by atoms with Crippen LogP contribution in [-0.4, -0.2) is 63.5 Å². The highest BCUT2D eigenvalue weighted by molar-refractivity contribution is 6.25. The predicted octanol–water partition coefficient (Wildman–Crippen LogP) is 2.99. The Labute approximate surface area is 191 Å². The van der Waals surface area contributed by atoms with Crippen molar-refractivity contribution in [3.8, 4) is 0 Å². The Morgan fingerprint density at radius 1 is 1.15 bits per heavy atom. The summed E-state index contributed by atoms with van der Waals surface area (Å²) < 4.78 is 33.4. The van der Waals surface area contributed by atoms with E-state index in [0.717, 1.165) is 5.69 Å². The number of benzene rings is 2. The molecule has 0 radical (unpaired) electrons. The lowest BCUT2D eigenvalue weighted by Crippen LogP contribution is -2.42. The molecular weight excluding hydrogens is 430 g/mol. The quantitative estimate of drug-likeness (QED) is 0.617. The molecule has 2 aromatic carbocycles. The maximum Gasteiger partial charge on any atom is 0.263 e. The first-order chi connectivity index (χ1) is 15.9. The molecule has 2 aromatic rings. The zero-order valence-electron chi connectivity index (χ0n) is 18.6. The van der Waals surface area contributed by atoms with E-state index >= 15 is 0 Å². The smallest absolute Gasteiger partial charge is 0.263 e. The first kappa shape index (κ1) is 22.9. The van der Waals surface area contributed by atoms with Gasteiger partial charge in [-0.25, -0.2) is 8.78 Å². The summed E-state index contributed by atoms with van der Waals surface area (Å²) in [4.78, 5) is 31.8. The molecule has 0 spiro atoms. The number of hydrogen-bond donors (Lipinski definition) is 1. The Morgan fingerprint density at radius 2 is 1.94 bits per heavy atom. The number of carbonyl (C=O) groups excluding carboxylic acids is 2. The lowest BCUT2D eigenvalue weighted by molar-refractivity contribution is -0.120. The zero-order valence-corrected chi connectivity index (χ0v) is 18.6. The summed E-state index contributed by atoms with van der Waals surface area (Å²) in [5.74, 6) is -1.61. The highest BCUT2D eigenvalue weighted by Gasteiger charge is 2.41. The van der Waals surface area contributed by atoms with Gasteiger partial charge in [0.05, 0.1) is 23.7 Å². The Morgan fingerprint density at radius 3 is 2.70 bits per heavy atom. The molecule has 0 saturated carbocycles. The van der Waals surface area contributed by atoms with Crippen molar-refractivity contribution in [2.45, 2.75) is 6.42 Å². The average Bonchev–Trinajstić information content (AvgIpc) is 3.10. The van der Waals surface area contributed by atoms with E-state index in [1.165, 1.54) is 30.3 Å². The van der Waals surface area contributed by atoms with Crippen molar-refractivity contribution in [3.05, 3.63) is 65.5 Å². The van der Waals surface area contributed by atoms with Gasteiger partial charge in [0.1, 0.15) is 23.0 Å². The SMILES string of the molecule is COCCN(C)CCN1C2=C(C(=O)Nc3ccccc3F)C(=O)CCN2c2ccc(F)cc21. The van der Waals surface area contributed by atoms with Crippen LogP contribution >= 0.6 is 0 Å². The van der Waals surface area contributed by atoms with E-state index in [0.29, 0.717) is 44.3 Å². The number of carbonyl (C=O) groups is 2. The molecule has 1 amide bonds. The van der Waals surface area contributed by atoms with Gasteiger partial charge >= 0.3 is 0 Å². The van der Waals surface area contributed by atoms with E-state index in [4.69, 9.17) is 4.74 Å². The van der Waals surface area contributed by atoms with Crippen LogP contribution in [0.15, 0.2) is 53.9 Å². The lowest BCUT2D eigenvalue weighted by atomic mass is 10.0. The summed E-state index contributed by atoms with van der Waals surface area (Å²) in [6, 6.07) is 10.2. The summed E-state index contributed by atoms with van der Waals surface area (Å²) >= 11 is 0. The summed E-state index contributed by atoms with van der Waals surface area (Å²) in [5.41, 5.74) is 1.26. The third-order valence-electron chi connectivity index (χ3n) is 5.83. The maximum absolute atomic E-state index is 14.2. The summed E-state index contributed by atoms with van der Waals surface area (Å²) in [6.45, 7) is 2.65. The molecule has 0 aliphatic carbocycles. The maximum atomic E-state index is 14.2. The Hall–Kier alpha value is -3.30. The third-order valence-corrected chi connectivity index (χ3v) is 5.83. The Bertz CT molecular complexity index is 1100. The molecule has 0 aromatic heterocycles. The van der Waals surface area contributed by atoms with Crippen LogP contribution < -0.4 is 15.1 Å². The topological polar surface area (TPSA) is 65.1 Å². The number of ketones is 1. The number of fused-ring (bicyclic) bond motifs is 3. The average molecular weight is 456 g/mol. The second-order valence-corrected chi connectivity index (χ2v) is 8.04. The number of halogens is 2. The second kappa shape index (κ2) is 9.68. The normalized spacial score (nSPS) is 15.2. The number of likely N-dealkylation sites (N-methyl/N-ethyl adjacent to an activating group) is 1. The van der Waals surface area contributed by atoms with Gasteiger partial charge in [0, 0.05) is 39.7 Å². The third kappa shape index (κ3) is 4.60. The molecule has 0 bridgehead atoms. The van der Waals surface area contributed by atoms with E-state index in [-0.39, 0.29) is 23.5 Å². The molecule has 1 N–H and O–H groups in total. The number of ether oxygens (including phenoxy) is 1. The minimum atomic E-state index is -0.684. The van der Waals surface area contributed by atoms with Crippen molar-refractivity contribution in [2.24, 2.45) is 0 Å². The van der Waals surface area contributed by atoms with Gasteiger partial charge in [0.2, 0.25) is 0 Å². The zero-order chi connectivity index (χ0) is 23.5. The van der Waals surface area contributed by atoms with Crippen LogP contribution in [-0.2, 0) is 14.3 Å². The van der Waals surface area contributed by atoms with Gasteiger partial charge < -0.3 is 24.8 Å². The molecule has 0 fully saturated rings. The largest absolute Gasteiger partial charge is 0.383 e. The molecule has 2 aliphatic heterocycles. The first-order valence-corrected chi connectivity index (χ1v) is 10.8. The van der Waals surface area contributed by atoms with Crippen molar-refractivity contribution in [1.82, 2.24) is 4.90 Å². The van der Waals surface area contributed by atoms with Crippen LogP contribution in [0.1, 0.15) is 6.42 Å². The van der Waals surface area contributed by atoms with Crippen molar-refractivity contribution in [1.29, 1.82) is 0 Å². The number of nitrogens with zero attached hydrogens (tertiary/aromatic N) is 3. The number of nitrogens with one attached hydrogen (secondary N) is 1. The van der Waals surface area contributed by atoms with Crippen molar-refractivity contribution >= 4 is 28.8 Å². The first-order valence-electron chi connectivity index (χ1n) is 10.8. The van der Waals surface area contributed by atoms with Crippen LogP contribution in [0.5, 0.6) is 0 Å². The molecule has 174 valence electrons. The summed E-state index contributed by atoms with van der Waals surface area (Å²) in [6.07, 6.45) is 0.127. The molecular formula is C24H26F2N4O3. The lowest BCUT2D eigenvalue weighted by Gasteiger charge is -2.31. The Kier molecular flexibility index (Phi) is 6.71. The van der Waals surface area contributed by atoms with E-state index in [9.17, 15) is 18.4 Å². The van der Waals surface area contributed by atoms with Crippen LogP contribution in [0.3, 0.4) is 0 Å². The summed E-state index contributed by atoms with van der Waals surface area (Å²) in [5, 5.41) is 2.53. The molecule has 0 saturated heterocycles. The molecule has 2 heterocycles. The predicted molar refractivity (Wildman–Crippen MR) is 122 cm³/mol. The van der Waals surface area contributed by atoms with E-state index in [2.05, 4.69) is 10.2 Å². The van der Waals surface area contributed by atoms with Crippen LogP contribution in [0, 0.1) is 11.6 Å². The van der Waals surface area contributed by atoms with Gasteiger partial charge in [-0.05, 0) is 37.4 Å². The fraction of sp³-hybridized carbons (Fsp3) is 0.333. The van der Waals surface area contributed by atoms with Crippen LogP contribution in [0.4, 0.5) is 25.8 Å². The van der Waals surface area contributed by atoms with Gasteiger partial charge in [-0.1, -0.05) is 12.1 Å². The molecule has 0 atom stereocenters. The number of rotatable bonds is 8. The van der Waals surface area contributed by atoms with E-state index < -0.39 is 17.5 Å². The van der Waals surface area contributed by atoms with Gasteiger partial charge in [0.15, 0.2) is 5.78 Å². The number of amides is 1. The minimum Gasteiger partial charge on any atom is -0.383 e. The van der Waals surface area contributed by atoms with E-state index in [1.54, 1.807) is 24.1 Å². The molecule has 9 heteroatoms. The number of anilines is 3. The monoisotopic (exact) mass is 456 g/mol. The number of methoxy groups -OCH3 is 1. The number of para-hydroxylation sites is 1. The summed E-state index contributed by atoms with van der Waals surface area (Å²) in [7, 11) is 3.57. The number of hydrogen-bond acceptors (Lipinski definition) is 6. The minimum absolute atomic E-state index is 0.00655. The highest BCUT2D eigenvalue weighted by Crippen LogP contribution is 2.45. The fourth-order valence-electron chi connectivity index (χ4n) is 4.11. The van der Waals surface area contributed by atoms with Crippen molar-refractivity contribution < 1.29 is 23.1 Å². The van der Waals surface area contributed by atoms with Crippen molar-refractivity contribution in [2.75, 3.05) is 62.1 Å². The number of Topliss-reactive ketones (excluding diaryl/α,β-unsaturated/α-hetero) is 1. The van der Waals surface area contributed by atoms with E-state index in [1.807, 2.05) is 11.9 Å². The van der Waals surface area contributed by atoms with Gasteiger partial charge in [-0.2, -0.15) is 0 Å². The molecule has 0 unspecified atom stereocenters. The second-order valence-electron chi connectivity index (χ2n) is 8.04.